The fraction of sp³-hybridized carbons (Fsp3) is 0.381. The molecule has 144 valence electrons. The van der Waals surface area contributed by atoms with Gasteiger partial charge in [-0.3, -0.25) is 4.98 Å². The van der Waals surface area contributed by atoms with Crippen molar-refractivity contribution in [2.75, 3.05) is 17.2 Å². The van der Waals surface area contributed by atoms with Gasteiger partial charge in [-0.05, 0) is 50.8 Å². The van der Waals surface area contributed by atoms with Gasteiger partial charge in [-0.25, -0.2) is 9.59 Å². The topological polar surface area (TPSA) is 80.3 Å². The number of aryl methyl sites for hydroxylation is 4. The SMILES string of the molecule is CCOC(=O)c1cc(NC(=O)Nc2c(CC)cccc2CC)c(C)nc1C. The number of hydrogen-bond acceptors (Lipinski definition) is 4. The van der Waals surface area contributed by atoms with E-state index < -0.39 is 5.97 Å². The molecule has 0 saturated heterocycles. The van der Waals surface area contributed by atoms with E-state index in [1.807, 2.05) is 18.2 Å². The number of nitrogens with one attached hydrogen (secondary N) is 2. The van der Waals surface area contributed by atoms with Crippen molar-refractivity contribution >= 4 is 23.4 Å². The van der Waals surface area contributed by atoms with Gasteiger partial charge >= 0.3 is 12.0 Å². The van der Waals surface area contributed by atoms with Crippen LogP contribution in [-0.4, -0.2) is 23.6 Å². The maximum Gasteiger partial charge on any atom is 0.340 e. The number of ether oxygens (including phenoxy) is 1. The summed E-state index contributed by atoms with van der Waals surface area (Å²) >= 11 is 0. The second-order valence-electron chi connectivity index (χ2n) is 6.21. The van der Waals surface area contributed by atoms with Gasteiger partial charge < -0.3 is 15.4 Å². The van der Waals surface area contributed by atoms with Crippen molar-refractivity contribution in [3.05, 3.63) is 52.3 Å². The molecule has 2 rings (SSSR count). The van der Waals surface area contributed by atoms with Crippen LogP contribution in [0.15, 0.2) is 24.3 Å². The Morgan fingerprint density at radius 2 is 1.63 bits per heavy atom. The van der Waals surface area contributed by atoms with Crippen LogP contribution >= 0.6 is 0 Å². The van der Waals surface area contributed by atoms with Crippen LogP contribution in [-0.2, 0) is 17.6 Å². The molecule has 0 atom stereocenters. The summed E-state index contributed by atoms with van der Waals surface area (Å²) in [6, 6.07) is 7.26. The molecule has 0 aliphatic rings. The molecule has 2 N–H and O–H groups in total. The summed E-state index contributed by atoms with van der Waals surface area (Å²) in [7, 11) is 0. The second-order valence-corrected chi connectivity index (χ2v) is 6.21. The number of para-hydroxylation sites is 1. The summed E-state index contributed by atoms with van der Waals surface area (Å²) < 4.78 is 5.06. The lowest BCUT2D eigenvalue weighted by atomic mass is 10.0. The molecule has 1 aromatic heterocycles. The third-order valence-corrected chi connectivity index (χ3v) is 4.38. The van der Waals surface area contributed by atoms with Crippen molar-refractivity contribution in [1.29, 1.82) is 0 Å². The van der Waals surface area contributed by atoms with Gasteiger partial charge in [0.1, 0.15) is 0 Å². The van der Waals surface area contributed by atoms with Gasteiger partial charge in [0, 0.05) is 5.69 Å². The highest BCUT2D eigenvalue weighted by Gasteiger charge is 2.16. The van der Waals surface area contributed by atoms with E-state index in [4.69, 9.17) is 4.74 Å². The largest absolute Gasteiger partial charge is 0.462 e. The van der Waals surface area contributed by atoms with E-state index >= 15 is 0 Å². The number of anilines is 2. The molecule has 0 spiro atoms. The first-order chi connectivity index (χ1) is 12.9. The van der Waals surface area contributed by atoms with Crippen LogP contribution in [0, 0.1) is 13.8 Å². The van der Waals surface area contributed by atoms with Gasteiger partial charge in [-0.2, -0.15) is 0 Å². The lowest BCUT2D eigenvalue weighted by molar-refractivity contribution is 0.0525. The van der Waals surface area contributed by atoms with Crippen molar-refractivity contribution in [1.82, 2.24) is 4.98 Å². The number of carbonyl (C=O) groups is 2. The Morgan fingerprint density at radius 1 is 1.00 bits per heavy atom. The van der Waals surface area contributed by atoms with E-state index in [2.05, 4.69) is 29.5 Å². The van der Waals surface area contributed by atoms with Gasteiger partial charge in [0.25, 0.3) is 0 Å². The summed E-state index contributed by atoms with van der Waals surface area (Å²) in [4.78, 5) is 29.0. The molecule has 2 amide bonds. The fourth-order valence-corrected chi connectivity index (χ4v) is 2.94. The normalized spacial score (nSPS) is 10.4. The summed E-state index contributed by atoms with van der Waals surface area (Å²) in [6.45, 7) is 9.67. The first-order valence-electron chi connectivity index (χ1n) is 9.25. The predicted molar refractivity (Wildman–Crippen MR) is 108 cm³/mol. The number of amides is 2. The molecule has 0 radical (unpaired) electrons. The minimum atomic E-state index is -0.449. The minimum absolute atomic E-state index is 0.281. The van der Waals surface area contributed by atoms with E-state index in [0.717, 1.165) is 29.7 Å². The third kappa shape index (κ3) is 4.84. The fourth-order valence-electron chi connectivity index (χ4n) is 2.94. The minimum Gasteiger partial charge on any atom is -0.462 e. The number of rotatable bonds is 6. The Morgan fingerprint density at radius 3 is 2.19 bits per heavy atom. The van der Waals surface area contributed by atoms with Crippen LogP contribution in [0.2, 0.25) is 0 Å². The molecule has 1 aromatic carbocycles. The van der Waals surface area contributed by atoms with Crippen LogP contribution in [0.4, 0.5) is 16.2 Å². The van der Waals surface area contributed by atoms with Crippen LogP contribution < -0.4 is 10.6 Å². The van der Waals surface area contributed by atoms with Crippen LogP contribution in [0.3, 0.4) is 0 Å². The number of esters is 1. The van der Waals surface area contributed by atoms with Crippen LogP contribution in [0.5, 0.6) is 0 Å². The number of aromatic nitrogens is 1. The molecule has 0 fully saturated rings. The van der Waals surface area contributed by atoms with Gasteiger partial charge in [0.05, 0.1) is 29.2 Å². The van der Waals surface area contributed by atoms with Gasteiger partial charge in [-0.1, -0.05) is 32.0 Å². The van der Waals surface area contributed by atoms with E-state index in [-0.39, 0.29) is 12.6 Å². The number of carbonyl (C=O) groups excluding carboxylic acids is 2. The molecule has 2 aromatic rings. The van der Waals surface area contributed by atoms with Crippen molar-refractivity contribution in [3.8, 4) is 0 Å². The summed E-state index contributed by atoms with van der Waals surface area (Å²) in [5, 5.41) is 5.76. The van der Waals surface area contributed by atoms with Crippen LogP contribution in [0.1, 0.15) is 53.6 Å². The average molecular weight is 369 g/mol. The Labute approximate surface area is 160 Å². The monoisotopic (exact) mass is 369 g/mol. The molecule has 0 aliphatic heterocycles. The number of benzene rings is 1. The highest BCUT2D eigenvalue weighted by molar-refractivity contribution is 6.02. The summed E-state index contributed by atoms with van der Waals surface area (Å²) in [5.41, 5.74) is 5.03. The molecule has 0 unspecified atom stereocenters. The van der Waals surface area contributed by atoms with E-state index in [0.29, 0.717) is 22.6 Å². The smallest absolute Gasteiger partial charge is 0.340 e. The molecule has 6 nitrogen and oxygen atoms in total. The zero-order valence-electron chi connectivity index (χ0n) is 16.6. The maximum absolute atomic E-state index is 12.6. The third-order valence-electron chi connectivity index (χ3n) is 4.38. The lowest BCUT2D eigenvalue weighted by Gasteiger charge is -2.16. The molecule has 0 aliphatic carbocycles. The van der Waals surface area contributed by atoms with Crippen molar-refractivity contribution in [3.63, 3.8) is 0 Å². The Hall–Kier alpha value is -2.89. The number of nitrogens with zero attached hydrogens (tertiary/aromatic N) is 1. The van der Waals surface area contributed by atoms with E-state index in [9.17, 15) is 9.59 Å². The second kappa shape index (κ2) is 9.16. The molecular formula is C21H27N3O3. The van der Waals surface area contributed by atoms with Gasteiger partial charge in [0.2, 0.25) is 0 Å². The molecule has 0 bridgehead atoms. The lowest BCUT2D eigenvalue weighted by Crippen LogP contribution is -2.22. The number of urea groups is 1. The van der Waals surface area contributed by atoms with Crippen molar-refractivity contribution in [2.45, 2.75) is 47.5 Å². The average Bonchev–Trinajstić information content (AvgIpc) is 2.64. The molecule has 6 heteroatoms. The highest BCUT2D eigenvalue weighted by Crippen LogP contribution is 2.24. The Balaban J connectivity index is 2.26. The van der Waals surface area contributed by atoms with Crippen LogP contribution in [0.25, 0.3) is 0 Å². The maximum atomic E-state index is 12.6. The summed E-state index contributed by atoms with van der Waals surface area (Å²) in [5.74, 6) is -0.449. The van der Waals surface area contributed by atoms with Gasteiger partial charge in [0.15, 0.2) is 0 Å². The summed E-state index contributed by atoms with van der Waals surface area (Å²) in [6.07, 6.45) is 1.64. The van der Waals surface area contributed by atoms with E-state index in [1.54, 1.807) is 26.8 Å². The molecular weight excluding hydrogens is 342 g/mol. The van der Waals surface area contributed by atoms with Crippen molar-refractivity contribution < 1.29 is 14.3 Å². The standard InChI is InChI=1S/C21H27N3O3/c1-6-15-10-9-11-16(7-2)19(15)24-21(26)23-18-12-17(20(25)27-8-3)13(4)22-14(18)5/h9-12H,6-8H2,1-5H3,(H2,23,24,26). The molecule has 27 heavy (non-hydrogen) atoms. The predicted octanol–water partition coefficient (Wildman–Crippen LogP) is 4.64. The zero-order chi connectivity index (χ0) is 20.0. The molecule has 1 heterocycles. The zero-order valence-corrected chi connectivity index (χ0v) is 16.6. The first-order valence-corrected chi connectivity index (χ1v) is 9.25. The highest BCUT2D eigenvalue weighted by atomic mass is 16.5. The van der Waals surface area contributed by atoms with Gasteiger partial charge in [-0.15, -0.1) is 0 Å². The Bertz CT molecular complexity index is 825. The number of pyridine rings is 1. The quantitative estimate of drug-likeness (QED) is 0.727. The van der Waals surface area contributed by atoms with E-state index in [1.165, 1.54) is 0 Å². The molecule has 0 saturated carbocycles. The number of hydrogen-bond donors (Lipinski definition) is 2. The first kappa shape index (κ1) is 20.4. The Kier molecular flexibility index (Phi) is 6.93. The van der Waals surface area contributed by atoms with Crippen molar-refractivity contribution in [2.24, 2.45) is 0 Å².